The van der Waals surface area contributed by atoms with Crippen molar-refractivity contribution < 1.29 is 41.4 Å². The number of urea groups is 1. The van der Waals surface area contributed by atoms with E-state index < -0.39 is 42.3 Å². The first-order valence-electron chi connectivity index (χ1n) is 8.42. The van der Waals surface area contributed by atoms with Gasteiger partial charge in [-0.15, -0.1) is 11.3 Å². The van der Waals surface area contributed by atoms with Gasteiger partial charge in [-0.2, -0.15) is 22.0 Å². The summed E-state index contributed by atoms with van der Waals surface area (Å²) in [6.07, 6.45) is -5.37. The monoisotopic (exact) mass is 450 g/mol. The second kappa shape index (κ2) is 7.84. The number of hydrogen-bond donors (Lipinski definition) is 2. The molecule has 0 radical (unpaired) electrons. The molecule has 12 heteroatoms. The van der Waals surface area contributed by atoms with E-state index >= 15 is 0 Å². The summed E-state index contributed by atoms with van der Waals surface area (Å²) in [5.41, 5.74) is -3.81. The van der Waals surface area contributed by atoms with Crippen LogP contribution >= 0.6 is 11.3 Å². The van der Waals surface area contributed by atoms with E-state index in [4.69, 9.17) is 0 Å². The van der Waals surface area contributed by atoms with Gasteiger partial charge in [0.2, 0.25) is 0 Å². The van der Waals surface area contributed by atoms with Crippen molar-refractivity contribution in [2.24, 2.45) is 5.92 Å². The molecule has 2 N–H and O–H groups in total. The van der Waals surface area contributed by atoms with Crippen molar-refractivity contribution in [2.75, 3.05) is 7.05 Å². The number of nitrogens with zero attached hydrogens (tertiary/aromatic N) is 1. The van der Waals surface area contributed by atoms with Crippen LogP contribution in [0.4, 0.5) is 26.7 Å². The molecule has 162 valence electrons. The van der Waals surface area contributed by atoms with Gasteiger partial charge in [-0.25, -0.2) is 4.79 Å². The van der Waals surface area contributed by atoms with Gasteiger partial charge in [-0.1, -0.05) is 18.2 Å². The second-order valence-electron chi connectivity index (χ2n) is 6.48. The standard InChI is InChI=1S/C18H15F5N2O4S/c1-25-16(27)24-13(9-4-6-10(7-5-9)29-15(19)20)12(17(25,28)18(21,22)23)14(26)11-3-2-8-30-11/h2-8,12-13,15,28H,1H3,(H,24,27)/t12-,13-,17-/m0/s1. The minimum Gasteiger partial charge on any atom is -0.435 e. The van der Waals surface area contributed by atoms with E-state index in [1.807, 2.05) is 0 Å². The number of benzene rings is 1. The minimum atomic E-state index is -5.37. The molecule has 1 saturated heterocycles. The molecule has 1 fully saturated rings. The zero-order valence-corrected chi connectivity index (χ0v) is 16.0. The van der Waals surface area contributed by atoms with Crippen molar-refractivity contribution in [1.82, 2.24) is 10.2 Å². The van der Waals surface area contributed by atoms with Gasteiger partial charge in [0.15, 0.2) is 5.78 Å². The summed E-state index contributed by atoms with van der Waals surface area (Å²) in [6, 6.07) is 4.31. The molecule has 1 aromatic carbocycles. The fraction of sp³-hybridized carbons (Fsp3) is 0.333. The summed E-state index contributed by atoms with van der Waals surface area (Å²) < 4.78 is 70.8. The first-order valence-corrected chi connectivity index (χ1v) is 9.30. The largest absolute Gasteiger partial charge is 0.437 e. The van der Waals surface area contributed by atoms with Gasteiger partial charge in [-0.3, -0.25) is 9.69 Å². The van der Waals surface area contributed by atoms with Crippen molar-refractivity contribution in [3.8, 4) is 5.75 Å². The number of hydrogen-bond acceptors (Lipinski definition) is 5. The molecule has 30 heavy (non-hydrogen) atoms. The summed E-state index contributed by atoms with van der Waals surface area (Å²) in [6.45, 7) is -3.11. The number of rotatable bonds is 5. The highest BCUT2D eigenvalue weighted by atomic mass is 32.1. The predicted molar refractivity (Wildman–Crippen MR) is 95.3 cm³/mol. The van der Waals surface area contributed by atoms with Crippen molar-refractivity contribution in [2.45, 2.75) is 24.6 Å². The molecule has 3 atom stereocenters. The zero-order chi connectivity index (χ0) is 22.3. The van der Waals surface area contributed by atoms with Crippen LogP contribution in [0.1, 0.15) is 21.3 Å². The van der Waals surface area contributed by atoms with E-state index in [0.29, 0.717) is 0 Å². The third kappa shape index (κ3) is 3.72. The number of nitrogens with one attached hydrogen (secondary N) is 1. The lowest BCUT2D eigenvalue weighted by Crippen LogP contribution is -2.72. The number of Topliss-reactive ketones (excluding diaryl/α,β-unsaturated/α-hetero) is 1. The Morgan fingerprint density at radius 2 is 1.90 bits per heavy atom. The van der Waals surface area contributed by atoms with E-state index in [2.05, 4.69) is 10.1 Å². The van der Waals surface area contributed by atoms with E-state index in [-0.39, 0.29) is 21.1 Å². The average Bonchev–Trinajstić information content (AvgIpc) is 3.19. The van der Waals surface area contributed by atoms with Gasteiger partial charge < -0.3 is 15.2 Å². The molecule has 0 unspecified atom stereocenters. The Hall–Kier alpha value is -2.73. The quantitative estimate of drug-likeness (QED) is 0.537. The van der Waals surface area contributed by atoms with Crippen LogP contribution in [0.3, 0.4) is 0 Å². The van der Waals surface area contributed by atoms with Crippen molar-refractivity contribution >= 4 is 23.2 Å². The molecule has 2 aromatic rings. The number of carbonyl (C=O) groups excluding carboxylic acids is 2. The highest BCUT2D eigenvalue weighted by Gasteiger charge is 2.69. The lowest BCUT2D eigenvalue weighted by Gasteiger charge is -2.49. The third-order valence-electron chi connectivity index (χ3n) is 4.79. The molecule has 0 bridgehead atoms. The maximum atomic E-state index is 14.0. The topological polar surface area (TPSA) is 78.9 Å². The SMILES string of the molecule is CN1C(=O)N[C@@H](c2ccc(OC(F)F)cc2)[C@@H](C(=O)c2cccs2)[C@]1(O)C(F)(F)F. The Kier molecular flexibility index (Phi) is 5.74. The molecular weight excluding hydrogens is 435 g/mol. The van der Waals surface area contributed by atoms with E-state index in [1.165, 1.54) is 17.5 Å². The fourth-order valence-corrected chi connectivity index (χ4v) is 4.02. The molecule has 1 aliphatic heterocycles. The van der Waals surface area contributed by atoms with Gasteiger partial charge in [0.1, 0.15) is 11.7 Å². The van der Waals surface area contributed by atoms with E-state index in [9.17, 15) is 36.6 Å². The number of thiophene rings is 1. The number of amides is 2. The van der Waals surface area contributed by atoms with Crippen LogP contribution < -0.4 is 10.1 Å². The first kappa shape index (κ1) is 22.0. The lowest BCUT2D eigenvalue weighted by atomic mass is 9.78. The Balaban J connectivity index is 2.11. The van der Waals surface area contributed by atoms with Gasteiger partial charge in [0.05, 0.1) is 10.9 Å². The molecule has 0 spiro atoms. The van der Waals surface area contributed by atoms with Crippen LogP contribution in [-0.4, -0.2) is 47.4 Å². The summed E-state index contributed by atoms with van der Waals surface area (Å²) >= 11 is 0.882. The normalized spacial score (nSPS) is 24.7. The number of alkyl halides is 5. The van der Waals surface area contributed by atoms with Crippen LogP contribution in [0, 0.1) is 5.92 Å². The maximum Gasteiger partial charge on any atom is 0.437 e. The first-order chi connectivity index (χ1) is 14.0. The van der Waals surface area contributed by atoms with Crippen molar-refractivity contribution in [1.29, 1.82) is 0 Å². The Bertz CT molecular complexity index is 920. The summed E-state index contributed by atoms with van der Waals surface area (Å²) in [7, 11) is 0.729. The Morgan fingerprint density at radius 3 is 2.40 bits per heavy atom. The number of carbonyl (C=O) groups is 2. The highest BCUT2D eigenvalue weighted by molar-refractivity contribution is 7.12. The molecule has 0 saturated carbocycles. The fourth-order valence-electron chi connectivity index (χ4n) is 3.31. The summed E-state index contributed by atoms with van der Waals surface area (Å²) in [5, 5.41) is 14.4. The van der Waals surface area contributed by atoms with Gasteiger partial charge in [0, 0.05) is 7.05 Å². The highest BCUT2D eigenvalue weighted by Crippen LogP contribution is 2.48. The average molecular weight is 450 g/mol. The third-order valence-corrected chi connectivity index (χ3v) is 5.67. The van der Waals surface area contributed by atoms with E-state index in [0.717, 1.165) is 42.6 Å². The Labute approximate surface area is 170 Å². The van der Waals surface area contributed by atoms with Gasteiger partial charge >= 0.3 is 18.8 Å². The zero-order valence-electron chi connectivity index (χ0n) is 15.2. The van der Waals surface area contributed by atoms with Crippen LogP contribution in [-0.2, 0) is 0 Å². The van der Waals surface area contributed by atoms with E-state index in [1.54, 1.807) is 0 Å². The van der Waals surface area contributed by atoms with Crippen molar-refractivity contribution in [3.63, 3.8) is 0 Å². The molecule has 2 amide bonds. The molecular formula is C18H15F5N2O4S. The molecule has 0 aliphatic carbocycles. The molecule has 2 heterocycles. The Morgan fingerprint density at radius 1 is 1.27 bits per heavy atom. The number of halogens is 5. The van der Waals surface area contributed by atoms with Crippen LogP contribution in [0.2, 0.25) is 0 Å². The van der Waals surface area contributed by atoms with Crippen LogP contribution in [0.25, 0.3) is 0 Å². The van der Waals surface area contributed by atoms with Crippen LogP contribution in [0.5, 0.6) is 5.75 Å². The molecule has 1 aliphatic rings. The predicted octanol–water partition coefficient (Wildman–Crippen LogP) is 3.80. The second-order valence-corrected chi connectivity index (χ2v) is 7.42. The summed E-state index contributed by atoms with van der Waals surface area (Å²) in [5.74, 6) is -3.46. The van der Waals surface area contributed by atoms with Gasteiger partial charge in [-0.05, 0) is 29.1 Å². The molecule has 6 nitrogen and oxygen atoms in total. The van der Waals surface area contributed by atoms with Crippen LogP contribution in [0.15, 0.2) is 41.8 Å². The van der Waals surface area contributed by atoms with Crippen molar-refractivity contribution in [3.05, 3.63) is 52.2 Å². The maximum absolute atomic E-state index is 14.0. The van der Waals surface area contributed by atoms with Gasteiger partial charge in [0.25, 0.3) is 5.72 Å². The number of aliphatic hydroxyl groups is 1. The number of ketones is 1. The minimum absolute atomic E-state index is 0.00403. The lowest BCUT2D eigenvalue weighted by molar-refractivity contribution is -0.322. The molecule has 1 aromatic heterocycles. The molecule has 3 rings (SSSR count). The smallest absolute Gasteiger partial charge is 0.435 e. The number of ether oxygens (including phenoxy) is 1. The summed E-state index contributed by atoms with van der Waals surface area (Å²) in [4.78, 5) is 25.2.